The Balaban J connectivity index is 2.45. The SMILES string of the molecule is [2H]C1([2H])c2ccccc2N(C(N)=O)c2ccccc2[C@]1([2H])OC(C)=O. The summed E-state index contributed by atoms with van der Waals surface area (Å²) in [6.07, 6.45) is -4.83. The van der Waals surface area contributed by atoms with Gasteiger partial charge in [-0.25, -0.2) is 4.79 Å². The van der Waals surface area contributed by atoms with Crippen molar-refractivity contribution >= 4 is 23.4 Å². The molecule has 112 valence electrons. The Hall–Kier alpha value is -2.82. The fourth-order valence-corrected chi connectivity index (χ4v) is 2.42. The summed E-state index contributed by atoms with van der Waals surface area (Å²) in [4.78, 5) is 24.9. The van der Waals surface area contributed by atoms with Crippen LogP contribution in [0.15, 0.2) is 48.5 Å². The minimum Gasteiger partial charge on any atom is -0.457 e. The molecule has 0 saturated carbocycles. The Bertz CT molecular complexity index is 872. The molecular formula is C17H16N2O3. The van der Waals surface area contributed by atoms with Gasteiger partial charge in [0.1, 0.15) is 6.08 Å². The van der Waals surface area contributed by atoms with Crippen LogP contribution in [0.4, 0.5) is 16.2 Å². The number of carbonyl (C=O) groups excluding carboxylic acids is 2. The number of ether oxygens (including phenoxy) is 1. The van der Waals surface area contributed by atoms with Crippen LogP contribution in [-0.4, -0.2) is 12.0 Å². The number of esters is 1. The minimum absolute atomic E-state index is 0.0289. The molecule has 0 spiro atoms. The third kappa shape index (κ3) is 2.41. The highest BCUT2D eigenvalue weighted by molar-refractivity contribution is 6.00. The lowest BCUT2D eigenvalue weighted by Crippen LogP contribution is -2.32. The fraction of sp³-hybridized carbons (Fsp3) is 0.176. The molecule has 2 amide bonds. The van der Waals surface area contributed by atoms with Crippen LogP contribution in [0.3, 0.4) is 0 Å². The topological polar surface area (TPSA) is 72.6 Å². The zero-order valence-electron chi connectivity index (χ0n) is 14.9. The molecule has 0 bridgehead atoms. The predicted molar refractivity (Wildman–Crippen MR) is 82.8 cm³/mol. The van der Waals surface area contributed by atoms with Crippen molar-refractivity contribution in [1.82, 2.24) is 0 Å². The molecule has 0 aromatic heterocycles. The van der Waals surface area contributed by atoms with E-state index in [1.165, 1.54) is 24.3 Å². The Labute approximate surface area is 132 Å². The number of urea groups is 1. The number of anilines is 2. The van der Waals surface area contributed by atoms with Gasteiger partial charge in [0.05, 0.1) is 12.7 Å². The molecule has 1 atom stereocenters. The van der Waals surface area contributed by atoms with Crippen LogP contribution in [0, 0.1) is 0 Å². The van der Waals surface area contributed by atoms with Crippen LogP contribution in [0.1, 0.15) is 28.2 Å². The van der Waals surface area contributed by atoms with E-state index in [0.29, 0.717) is 0 Å². The Morgan fingerprint density at radius 1 is 1.23 bits per heavy atom. The molecule has 2 N–H and O–H groups in total. The molecule has 1 aliphatic heterocycles. The lowest BCUT2D eigenvalue weighted by molar-refractivity contribution is -0.146. The van der Waals surface area contributed by atoms with Gasteiger partial charge < -0.3 is 10.5 Å². The first-order chi connectivity index (χ1) is 11.7. The van der Waals surface area contributed by atoms with Crippen LogP contribution < -0.4 is 10.6 Å². The number of hydrogen-bond donors (Lipinski definition) is 1. The Morgan fingerprint density at radius 2 is 1.86 bits per heavy atom. The number of carbonyl (C=O) groups is 2. The lowest BCUT2D eigenvalue weighted by atomic mass is 10.0. The highest BCUT2D eigenvalue weighted by atomic mass is 16.5. The summed E-state index contributed by atoms with van der Waals surface area (Å²) in [6, 6.07) is 11.6. The van der Waals surface area contributed by atoms with Crippen molar-refractivity contribution in [3.05, 3.63) is 59.7 Å². The second-order valence-corrected chi connectivity index (χ2v) is 4.76. The average molecular weight is 299 g/mol. The first-order valence-corrected chi connectivity index (χ1v) is 6.68. The number of para-hydroxylation sites is 2. The van der Waals surface area contributed by atoms with Gasteiger partial charge in [0, 0.05) is 21.6 Å². The third-order valence-corrected chi connectivity index (χ3v) is 3.25. The predicted octanol–water partition coefficient (Wildman–Crippen LogP) is 3.06. The van der Waals surface area contributed by atoms with Crippen LogP contribution in [0.25, 0.3) is 0 Å². The van der Waals surface area contributed by atoms with E-state index in [-0.39, 0.29) is 22.5 Å². The molecule has 3 rings (SSSR count). The molecule has 0 unspecified atom stereocenters. The maximum Gasteiger partial charge on any atom is 0.323 e. The molecule has 0 aliphatic carbocycles. The zero-order valence-corrected chi connectivity index (χ0v) is 11.9. The molecule has 0 fully saturated rings. The highest BCUT2D eigenvalue weighted by Crippen LogP contribution is 2.41. The van der Waals surface area contributed by atoms with Gasteiger partial charge in [-0.05, 0) is 17.7 Å². The average Bonchev–Trinajstić information content (AvgIpc) is 2.59. The van der Waals surface area contributed by atoms with Gasteiger partial charge in [0.2, 0.25) is 0 Å². The standard InChI is InChI=1S/C17H16N2O3/c1-11(20)22-16-10-12-6-2-4-8-14(12)19(17(18)21)15-9-5-3-7-13(15)16/h2-9,16H,10H2,1H3,(H2,18,21)/t16-/m1/s1/i10D2,16D. The maximum absolute atomic E-state index is 12.1. The number of amides is 2. The second kappa shape index (κ2) is 5.52. The number of nitrogens with two attached hydrogens (primary N) is 1. The van der Waals surface area contributed by atoms with E-state index in [1.54, 1.807) is 24.3 Å². The second-order valence-electron chi connectivity index (χ2n) is 4.76. The summed E-state index contributed by atoms with van der Waals surface area (Å²) < 4.78 is 31.1. The number of nitrogens with zero attached hydrogens (tertiary/aromatic N) is 1. The van der Waals surface area contributed by atoms with Gasteiger partial charge in [0.25, 0.3) is 0 Å². The molecular weight excluding hydrogens is 280 g/mol. The van der Waals surface area contributed by atoms with Gasteiger partial charge >= 0.3 is 12.0 Å². The van der Waals surface area contributed by atoms with Gasteiger partial charge in [-0.2, -0.15) is 0 Å². The minimum atomic E-state index is -2.43. The van der Waals surface area contributed by atoms with Crippen molar-refractivity contribution in [1.29, 1.82) is 0 Å². The molecule has 0 saturated heterocycles. The van der Waals surface area contributed by atoms with Gasteiger partial charge in [0.15, 0.2) is 0 Å². The molecule has 5 heteroatoms. The number of benzene rings is 2. The van der Waals surface area contributed by atoms with Crippen LogP contribution >= 0.6 is 0 Å². The van der Waals surface area contributed by atoms with Crippen molar-refractivity contribution in [2.75, 3.05) is 4.90 Å². The molecule has 5 nitrogen and oxygen atoms in total. The zero-order chi connectivity index (χ0) is 18.4. The largest absolute Gasteiger partial charge is 0.457 e. The third-order valence-electron chi connectivity index (χ3n) is 3.25. The first-order valence-electron chi connectivity index (χ1n) is 8.18. The Morgan fingerprint density at radius 3 is 2.55 bits per heavy atom. The summed E-state index contributed by atoms with van der Waals surface area (Å²) >= 11 is 0. The smallest absolute Gasteiger partial charge is 0.323 e. The number of hydrogen-bond acceptors (Lipinski definition) is 3. The van der Waals surface area contributed by atoms with Gasteiger partial charge in [-0.15, -0.1) is 0 Å². The number of rotatable bonds is 1. The number of primary amides is 1. The van der Waals surface area contributed by atoms with Crippen molar-refractivity contribution < 1.29 is 18.4 Å². The van der Waals surface area contributed by atoms with E-state index < -0.39 is 24.5 Å². The molecule has 2 aromatic carbocycles. The molecule has 1 heterocycles. The summed E-state index contributed by atoms with van der Waals surface area (Å²) in [6.45, 7) is 1.11. The van der Waals surface area contributed by atoms with Crippen LogP contribution in [-0.2, 0) is 15.9 Å². The van der Waals surface area contributed by atoms with E-state index in [1.807, 2.05) is 0 Å². The van der Waals surface area contributed by atoms with E-state index in [0.717, 1.165) is 11.8 Å². The molecule has 1 aliphatic rings. The summed E-state index contributed by atoms with van der Waals surface area (Å²) in [5, 5.41) is 0. The van der Waals surface area contributed by atoms with Crippen molar-refractivity contribution in [3.63, 3.8) is 0 Å². The van der Waals surface area contributed by atoms with E-state index in [2.05, 4.69) is 0 Å². The highest BCUT2D eigenvalue weighted by Gasteiger charge is 2.30. The monoisotopic (exact) mass is 299 g/mol. The van der Waals surface area contributed by atoms with Gasteiger partial charge in [-0.1, -0.05) is 36.4 Å². The molecule has 22 heavy (non-hydrogen) atoms. The quantitative estimate of drug-likeness (QED) is 0.822. The van der Waals surface area contributed by atoms with Crippen LogP contribution in [0.2, 0.25) is 0 Å². The Kier molecular flexibility index (Phi) is 2.72. The first kappa shape index (κ1) is 10.8. The number of fused-ring (bicyclic) bond motifs is 2. The summed E-state index contributed by atoms with van der Waals surface area (Å²) in [5.41, 5.74) is 6.00. The van der Waals surface area contributed by atoms with E-state index >= 15 is 0 Å². The normalized spacial score (nSPS) is 23.9. The van der Waals surface area contributed by atoms with Crippen LogP contribution in [0.5, 0.6) is 0 Å². The summed E-state index contributed by atoms with van der Waals surface area (Å²) in [5.74, 6) is -0.807. The fourth-order valence-electron chi connectivity index (χ4n) is 2.42. The maximum atomic E-state index is 12.1. The lowest BCUT2D eigenvalue weighted by Gasteiger charge is -2.23. The molecule has 2 aromatic rings. The van der Waals surface area contributed by atoms with Crippen molar-refractivity contribution in [2.45, 2.75) is 19.4 Å². The van der Waals surface area contributed by atoms with E-state index in [9.17, 15) is 9.59 Å². The summed E-state index contributed by atoms with van der Waals surface area (Å²) in [7, 11) is 0. The van der Waals surface area contributed by atoms with Crippen molar-refractivity contribution in [2.24, 2.45) is 5.73 Å². The van der Waals surface area contributed by atoms with Crippen molar-refractivity contribution in [3.8, 4) is 0 Å². The molecule has 0 radical (unpaired) electrons. The van der Waals surface area contributed by atoms with E-state index in [4.69, 9.17) is 14.6 Å². The van der Waals surface area contributed by atoms with Gasteiger partial charge in [-0.3, -0.25) is 9.69 Å².